The summed E-state index contributed by atoms with van der Waals surface area (Å²) in [6.07, 6.45) is 6.55. The molecule has 0 atom stereocenters. The molecule has 0 amide bonds. The number of rotatable bonds is 5. The number of hydrogen-bond acceptors (Lipinski definition) is 3. The zero-order valence-corrected chi connectivity index (χ0v) is 20.1. The zero-order valence-electron chi connectivity index (χ0n) is 16.9. The lowest BCUT2D eigenvalue weighted by Crippen LogP contribution is -2.25. The van der Waals surface area contributed by atoms with E-state index in [9.17, 15) is 8.42 Å². The molecule has 1 aliphatic rings. The van der Waals surface area contributed by atoms with Gasteiger partial charge in [0, 0.05) is 15.9 Å². The number of sulfonamides is 1. The maximum absolute atomic E-state index is 13.0. The number of halogens is 1. The number of hydrogen-bond donors (Lipinski definition) is 0. The Balaban J connectivity index is 1.83. The minimum absolute atomic E-state index is 0.244. The van der Waals surface area contributed by atoms with Crippen LogP contribution >= 0.6 is 27.3 Å². The van der Waals surface area contributed by atoms with E-state index in [2.05, 4.69) is 44.0 Å². The SMILES string of the molecule is CCc1ccc(S(=O)(=O)N=c2scc(-c3ccc(Br)cc3)n2C2CCCCC2)cc1. The number of thiazole rings is 1. The van der Waals surface area contributed by atoms with Crippen LogP contribution in [0.5, 0.6) is 0 Å². The Hall–Kier alpha value is -1.70. The van der Waals surface area contributed by atoms with Crippen LogP contribution in [0.4, 0.5) is 0 Å². The van der Waals surface area contributed by atoms with Gasteiger partial charge in [0.2, 0.25) is 4.80 Å². The average Bonchev–Trinajstić information content (AvgIpc) is 3.17. The summed E-state index contributed by atoms with van der Waals surface area (Å²) in [7, 11) is -3.77. The van der Waals surface area contributed by atoms with Gasteiger partial charge in [-0.3, -0.25) is 0 Å². The molecule has 0 aliphatic heterocycles. The lowest BCUT2D eigenvalue weighted by Gasteiger charge is -2.25. The first-order valence-corrected chi connectivity index (χ1v) is 13.4. The van der Waals surface area contributed by atoms with Crippen LogP contribution < -0.4 is 4.80 Å². The number of aryl methyl sites for hydroxylation is 1. The van der Waals surface area contributed by atoms with Gasteiger partial charge in [-0.2, -0.15) is 8.42 Å². The van der Waals surface area contributed by atoms with Gasteiger partial charge in [-0.25, -0.2) is 0 Å². The van der Waals surface area contributed by atoms with Crippen LogP contribution in [0, 0.1) is 0 Å². The Morgan fingerprint density at radius 3 is 2.33 bits per heavy atom. The fourth-order valence-electron chi connectivity index (χ4n) is 3.96. The van der Waals surface area contributed by atoms with Crippen LogP contribution in [-0.4, -0.2) is 13.0 Å². The Kier molecular flexibility index (Phi) is 6.60. The minimum atomic E-state index is -3.77. The summed E-state index contributed by atoms with van der Waals surface area (Å²) in [5, 5.41) is 2.03. The third-order valence-corrected chi connectivity index (χ3v) is 8.41. The van der Waals surface area contributed by atoms with Gasteiger partial charge in [-0.15, -0.1) is 15.7 Å². The zero-order chi connectivity index (χ0) is 21.1. The third kappa shape index (κ3) is 4.63. The second-order valence-corrected chi connectivity index (χ2v) is 11.0. The molecule has 158 valence electrons. The highest BCUT2D eigenvalue weighted by Crippen LogP contribution is 2.33. The summed E-state index contributed by atoms with van der Waals surface area (Å²) in [5.41, 5.74) is 3.22. The second-order valence-electron chi connectivity index (χ2n) is 7.64. The van der Waals surface area contributed by atoms with Crippen LogP contribution in [0.25, 0.3) is 11.3 Å². The predicted octanol–water partition coefficient (Wildman–Crippen LogP) is 6.34. The Morgan fingerprint density at radius 2 is 1.70 bits per heavy atom. The van der Waals surface area contributed by atoms with Crippen molar-refractivity contribution in [2.75, 3.05) is 0 Å². The van der Waals surface area contributed by atoms with E-state index in [0.717, 1.165) is 53.4 Å². The summed E-state index contributed by atoms with van der Waals surface area (Å²) in [6.45, 7) is 2.05. The molecule has 0 bridgehead atoms. The van der Waals surface area contributed by atoms with Crippen molar-refractivity contribution >= 4 is 37.3 Å². The molecule has 4 nitrogen and oxygen atoms in total. The molecule has 0 N–H and O–H groups in total. The molecule has 1 aromatic heterocycles. The van der Waals surface area contributed by atoms with Gasteiger partial charge in [0.05, 0.1) is 10.6 Å². The van der Waals surface area contributed by atoms with E-state index in [1.807, 2.05) is 29.6 Å². The van der Waals surface area contributed by atoms with Crippen molar-refractivity contribution in [1.29, 1.82) is 0 Å². The standard InChI is InChI=1S/C23H25BrN2O2S2/c1-2-17-8-14-21(15-9-17)30(27,28)25-23-26(20-6-4-3-5-7-20)22(16-29-23)18-10-12-19(24)13-11-18/h8-16,20H,2-7H2,1H3. The average molecular weight is 506 g/mol. The molecular formula is C23H25BrN2O2S2. The smallest absolute Gasteiger partial charge is 0.285 e. The molecule has 3 aromatic rings. The molecule has 0 spiro atoms. The van der Waals surface area contributed by atoms with E-state index in [0.29, 0.717) is 4.80 Å². The van der Waals surface area contributed by atoms with Crippen LogP contribution in [0.3, 0.4) is 0 Å². The van der Waals surface area contributed by atoms with Crippen molar-refractivity contribution in [3.8, 4) is 11.3 Å². The topological polar surface area (TPSA) is 51.4 Å². The molecule has 0 saturated heterocycles. The monoisotopic (exact) mass is 504 g/mol. The summed E-state index contributed by atoms with van der Waals surface area (Å²) in [6, 6.07) is 15.5. The number of aromatic nitrogens is 1. The Morgan fingerprint density at radius 1 is 1.03 bits per heavy atom. The summed E-state index contributed by atoms with van der Waals surface area (Å²) >= 11 is 4.90. The van der Waals surface area contributed by atoms with Gasteiger partial charge in [0.1, 0.15) is 0 Å². The molecule has 7 heteroatoms. The normalized spacial score (nSPS) is 16.1. The van der Waals surface area contributed by atoms with Crippen molar-refractivity contribution in [3.05, 3.63) is 68.7 Å². The molecule has 0 unspecified atom stereocenters. The Bertz CT molecular complexity index is 1170. The van der Waals surface area contributed by atoms with Crippen LogP contribution in [0.15, 0.2) is 67.7 Å². The maximum atomic E-state index is 13.0. The van der Waals surface area contributed by atoms with Crippen molar-refractivity contribution in [1.82, 2.24) is 4.57 Å². The van der Waals surface area contributed by atoms with Gasteiger partial charge in [-0.1, -0.05) is 66.4 Å². The molecule has 1 heterocycles. The van der Waals surface area contributed by atoms with Crippen molar-refractivity contribution < 1.29 is 8.42 Å². The van der Waals surface area contributed by atoms with Crippen molar-refractivity contribution in [2.45, 2.75) is 56.4 Å². The summed E-state index contributed by atoms with van der Waals surface area (Å²) in [4.78, 5) is 0.799. The quantitative estimate of drug-likeness (QED) is 0.407. The molecule has 1 fully saturated rings. The van der Waals surface area contributed by atoms with E-state index in [-0.39, 0.29) is 10.9 Å². The largest absolute Gasteiger partial charge is 0.313 e. The van der Waals surface area contributed by atoms with Gasteiger partial charge in [-0.05, 0) is 54.7 Å². The first-order valence-electron chi connectivity index (χ1n) is 10.3. The van der Waals surface area contributed by atoms with E-state index in [1.165, 1.54) is 17.8 Å². The third-order valence-electron chi connectivity index (χ3n) is 5.65. The Labute approximate surface area is 190 Å². The van der Waals surface area contributed by atoms with E-state index < -0.39 is 10.0 Å². The second kappa shape index (κ2) is 9.20. The first kappa shape index (κ1) is 21.5. The predicted molar refractivity (Wildman–Crippen MR) is 126 cm³/mol. The van der Waals surface area contributed by atoms with Crippen LogP contribution in [-0.2, 0) is 16.4 Å². The van der Waals surface area contributed by atoms with E-state index in [4.69, 9.17) is 0 Å². The van der Waals surface area contributed by atoms with Gasteiger partial charge in [0.25, 0.3) is 10.0 Å². The molecule has 4 rings (SSSR count). The van der Waals surface area contributed by atoms with Gasteiger partial charge in [0.15, 0.2) is 0 Å². The summed E-state index contributed by atoms with van der Waals surface area (Å²) in [5.74, 6) is 0. The van der Waals surface area contributed by atoms with Crippen LogP contribution in [0.1, 0.15) is 50.6 Å². The van der Waals surface area contributed by atoms with Gasteiger partial charge < -0.3 is 4.57 Å². The maximum Gasteiger partial charge on any atom is 0.285 e. The highest BCUT2D eigenvalue weighted by atomic mass is 79.9. The lowest BCUT2D eigenvalue weighted by atomic mass is 9.95. The lowest BCUT2D eigenvalue weighted by molar-refractivity contribution is 0.351. The molecule has 1 saturated carbocycles. The fourth-order valence-corrected chi connectivity index (χ4v) is 6.40. The molecule has 2 aromatic carbocycles. The number of benzene rings is 2. The molecule has 0 radical (unpaired) electrons. The first-order chi connectivity index (χ1) is 14.5. The molecule has 1 aliphatic carbocycles. The minimum Gasteiger partial charge on any atom is -0.313 e. The molecular weight excluding hydrogens is 480 g/mol. The number of nitrogens with zero attached hydrogens (tertiary/aromatic N) is 2. The fraction of sp³-hybridized carbons (Fsp3) is 0.348. The van der Waals surface area contributed by atoms with E-state index in [1.54, 1.807) is 12.1 Å². The van der Waals surface area contributed by atoms with Crippen LogP contribution in [0.2, 0.25) is 0 Å². The van der Waals surface area contributed by atoms with Gasteiger partial charge >= 0.3 is 0 Å². The molecule has 30 heavy (non-hydrogen) atoms. The highest BCUT2D eigenvalue weighted by molar-refractivity contribution is 9.10. The highest BCUT2D eigenvalue weighted by Gasteiger charge is 2.22. The van der Waals surface area contributed by atoms with Crippen molar-refractivity contribution in [3.63, 3.8) is 0 Å². The van der Waals surface area contributed by atoms with E-state index >= 15 is 0 Å². The van der Waals surface area contributed by atoms with Crippen molar-refractivity contribution in [2.24, 2.45) is 4.40 Å². The summed E-state index contributed by atoms with van der Waals surface area (Å²) < 4.78 is 33.6.